The van der Waals surface area contributed by atoms with Crippen LogP contribution in [0.1, 0.15) is 29.1 Å². The molecule has 1 aromatic rings. The summed E-state index contributed by atoms with van der Waals surface area (Å²) in [6.45, 7) is 5.41. The van der Waals surface area contributed by atoms with Crippen LogP contribution in [0.5, 0.6) is 0 Å². The van der Waals surface area contributed by atoms with Gasteiger partial charge in [-0.3, -0.25) is 4.79 Å². The van der Waals surface area contributed by atoms with Gasteiger partial charge in [-0.25, -0.2) is 4.79 Å². The molecule has 0 radical (unpaired) electrons. The zero-order valence-electron chi connectivity index (χ0n) is 9.78. The van der Waals surface area contributed by atoms with Crippen LogP contribution in [0.25, 0.3) is 0 Å². The van der Waals surface area contributed by atoms with Crippen molar-refractivity contribution < 1.29 is 14.7 Å². The molecule has 0 aliphatic heterocycles. The maximum atomic E-state index is 11.9. The van der Waals surface area contributed by atoms with Gasteiger partial charge < -0.3 is 10.4 Å². The molecule has 0 saturated heterocycles. The highest BCUT2D eigenvalue weighted by molar-refractivity contribution is 9.11. The van der Waals surface area contributed by atoms with Crippen LogP contribution < -0.4 is 5.32 Å². The smallest absolute Gasteiger partial charge is 0.326 e. The summed E-state index contributed by atoms with van der Waals surface area (Å²) in [5.74, 6) is -1.53. The third kappa shape index (κ3) is 3.54. The van der Waals surface area contributed by atoms with Crippen LogP contribution in [0, 0.1) is 12.8 Å². The van der Waals surface area contributed by atoms with Crippen molar-refractivity contribution in [2.75, 3.05) is 0 Å². The molecule has 1 rings (SSSR count). The van der Waals surface area contributed by atoms with Gasteiger partial charge in [0.15, 0.2) is 0 Å². The summed E-state index contributed by atoms with van der Waals surface area (Å²) in [6.07, 6.45) is 0. The highest BCUT2D eigenvalue weighted by atomic mass is 79.9. The van der Waals surface area contributed by atoms with E-state index in [0.717, 1.165) is 8.66 Å². The van der Waals surface area contributed by atoms with E-state index in [4.69, 9.17) is 5.11 Å². The molecule has 1 amide bonds. The minimum Gasteiger partial charge on any atom is -0.480 e. The molecule has 94 valence electrons. The fourth-order valence-electron chi connectivity index (χ4n) is 1.37. The first-order chi connectivity index (χ1) is 7.82. The molecule has 0 aliphatic rings. The van der Waals surface area contributed by atoms with Crippen molar-refractivity contribution in [3.63, 3.8) is 0 Å². The van der Waals surface area contributed by atoms with Crippen LogP contribution in [0.3, 0.4) is 0 Å². The van der Waals surface area contributed by atoms with Crippen LogP contribution in [0.2, 0.25) is 0 Å². The average Bonchev–Trinajstić information content (AvgIpc) is 2.53. The van der Waals surface area contributed by atoms with Crippen molar-refractivity contribution in [2.45, 2.75) is 26.8 Å². The maximum absolute atomic E-state index is 11.9. The van der Waals surface area contributed by atoms with Crippen LogP contribution in [-0.2, 0) is 4.79 Å². The molecule has 1 heterocycles. The Morgan fingerprint density at radius 1 is 1.47 bits per heavy atom. The summed E-state index contributed by atoms with van der Waals surface area (Å²) < 4.78 is 0.723. The quantitative estimate of drug-likeness (QED) is 0.896. The normalized spacial score (nSPS) is 12.5. The molecular weight excluding hydrogens is 306 g/mol. The number of carbonyl (C=O) groups is 2. The average molecular weight is 320 g/mol. The van der Waals surface area contributed by atoms with Crippen molar-refractivity contribution in [2.24, 2.45) is 5.92 Å². The lowest BCUT2D eigenvalue weighted by Crippen LogP contribution is -2.44. The molecule has 0 unspecified atom stereocenters. The van der Waals surface area contributed by atoms with Gasteiger partial charge in [-0.15, -0.1) is 11.3 Å². The number of nitrogens with one attached hydrogen (secondary N) is 1. The number of carbonyl (C=O) groups excluding carboxylic acids is 1. The number of aryl methyl sites for hydroxylation is 1. The monoisotopic (exact) mass is 319 g/mol. The van der Waals surface area contributed by atoms with Gasteiger partial charge in [-0.05, 0) is 34.8 Å². The molecule has 0 saturated carbocycles. The Balaban J connectivity index is 2.85. The lowest BCUT2D eigenvalue weighted by atomic mass is 10.0. The Morgan fingerprint density at radius 3 is 2.41 bits per heavy atom. The van der Waals surface area contributed by atoms with Gasteiger partial charge >= 0.3 is 5.97 Å². The Labute approximate surface area is 112 Å². The Bertz CT molecular complexity index is 442. The molecule has 0 spiro atoms. The van der Waals surface area contributed by atoms with E-state index >= 15 is 0 Å². The Kier molecular flexibility index (Phi) is 4.70. The lowest BCUT2D eigenvalue weighted by molar-refractivity contribution is -0.140. The summed E-state index contributed by atoms with van der Waals surface area (Å²) >= 11 is 4.74. The van der Waals surface area contributed by atoms with Crippen LogP contribution >= 0.6 is 27.3 Å². The second kappa shape index (κ2) is 5.64. The fraction of sp³-hybridized carbons (Fsp3) is 0.455. The Morgan fingerprint density at radius 2 is 2.06 bits per heavy atom. The minimum absolute atomic E-state index is 0.157. The van der Waals surface area contributed by atoms with Crippen molar-refractivity contribution >= 4 is 39.1 Å². The summed E-state index contributed by atoms with van der Waals surface area (Å²) in [5, 5.41) is 11.5. The summed E-state index contributed by atoms with van der Waals surface area (Å²) in [5.41, 5.74) is 0.486. The van der Waals surface area contributed by atoms with Gasteiger partial charge in [0.2, 0.25) is 0 Å². The van der Waals surface area contributed by atoms with Crippen molar-refractivity contribution in [3.8, 4) is 0 Å². The van der Waals surface area contributed by atoms with Crippen LogP contribution in [-0.4, -0.2) is 23.0 Å². The predicted octanol–water partition coefficient (Wildman–Crippen LogP) is 2.66. The van der Waals surface area contributed by atoms with E-state index in [1.807, 2.05) is 6.92 Å². The van der Waals surface area contributed by atoms with Gasteiger partial charge in [-0.1, -0.05) is 13.8 Å². The first-order valence-electron chi connectivity index (χ1n) is 5.12. The van der Waals surface area contributed by atoms with Gasteiger partial charge in [0.25, 0.3) is 5.91 Å². The number of hydrogen-bond donors (Lipinski definition) is 2. The standard InChI is InChI=1S/C11H14BrNO3S/c1-5(2)8(11(15)16)13-10(14)7-4-6(3)17-9(7)12/h4-5,8H,1-3H3,(H,13,14)(H,15,16)/t8-/m0/s1. The van der Waals surface area contributed by atoms with E-state index in [2.05, 4.69) is 21.2 Å². The number of carboxylic acid groups (broad SMARTS) is 1. The number of halogens is 1. The van der Waals surface area contributed by atoms with E-state index in [1.165, 1.54) is 11.3 Å². The number of thiophene rings is 1. The molecule has 2 N–H and O–H groups in total. The summed E-state index contributed by atoms with van der Waals surface area (Å²) in [7, 11) is 0. The molecular formula is C11H14BrNO3S. The molecule has 0 bridgehead atoms. The van der Waals surface area contributed by atoms with Crippen LogP contribution in [0.4, 0.5) is 0 Å². The SMILES string of the molecule is Cc1cc(C(=O)N[C@H](C(=O)O)C(C)C)c(Br)s1. The zero-order valence-corrected chi connectivity index (χ0v) is 12.2. The van der Waals surface area contributed by atoms with E-state index in [9.17, 15) is 9.59 Å². The molecule has 0 fully saturated rings. The molecule has 0 aliphatic carbocycles. The van der Waals surface area contributed by atoms with E-state index in [0.29, 0.717) is 5.56 Å². The molecule has 1 aromatic heterocycles. The number of carboxylic acids is 1. The number of rotatable bonds is 4. The molecule has 1 atom stereocenters. The van der Waals surface area contributed by atoms with Crippen molar-refractivity contribution in [3.05, 3.63) is 20.3 Å². The molecule has 4 nitrogen and oxygen atoms in total. The van der Waals surface area contributed by atoms with Crippen molar-refractivity contribution in [1.29, 1.82) is 0 Å². The maximum Gasteiger partial charge on any atom is 0.326 e. The van der Waals surface area contributed by atoms with Crippen LogP contribution in [0.15, 0.2) is 9.85 Å². The summed E-state index contributed by atoms with van der Waals surface area (Å²) in [4.78, 5) is 23.9. The van der Waals surface area contributed by atoms with E-state index in [-0.39, 0.29) is 11.8 Å². The van der Waals surface area contributed by atoms with E-state index < -0.39 is 12.0 Å². The van der Waals surface area contributed by atoms with Crippen molar-refractivity contribution in [1.82, 2.24) is 5.32 Å². The number of hydrogen-bond acceptors (Lipinski definition) is 3. The lowest BCUT2D eigenvalue weighted by Gasteiger charge is -2.17. The number of aliphatic carboxylic acids is 1. The Hall–Kier alpha value is -0.880. The van der Waals surface area contributed by atoms with E-state index in [1.54, 1.807) is 19.9 Å². The molecule has 17 heavy (non-hydrogen) atoms. The fourth-order valence-corrected chi connectivity index (χ4v) is 3.15. The van der Waals surface area contributed by atoms with Gasteiger partial charge in [0, 0.05) is 4.88 Å². The second-order valence-electron chi connectivity index (χ2n) is 4.08. The minimum atomic E-state index is -1.02. The van der Waals surface area contributed by atoms with Gasteiger partial charge in [-0.2, -0.15) is 0 Å². The topological polar surface area (TPSA) is 66.4 Å². The first kappa shape index (κ1) is 14.2. The van der Waals surface area contributed by atoms with Gasteiger partial charge in [0.05, 0.1) is 9.35 Å². The third-order valence-electron chi connectivity index (χ3n) is 2.27. The zero-order chi connectivity index (χ0) is 13.2. The summed E-state index contributed by atoms with van der Waals surface area (Å²) in [6, 6.07) is 0.873. The largest absolute Gasteiger partial charge is 0.480 e. The highest BCUT2D eigenvalue weighted by Crippen LogP contribution is 2.27. The number of amides is 1. The predicted molar refractivity (Wildman–Crippen MR) is 70.5 cm³/mol. The molecule has 6 heteroatoms. The highest BCUT2D eigenvalue weighted by Gasteiger charge is 2.25. The third-order valence-corrected chi connectivity index (χ3v) is 4.03. The molecule has 0 aromatic carbocycles. The first-order valence-corrected chi connectivity index (χ1v) is 6.73. The van der Waals surface area contributed by atoms with Gasteiger partial charge in [0.1, 0.15) is 6.04 Å². The second-order valence-corrected chi connectivity index (χ2v) is 6.65.